The van der Waals surface area contributed by atoms with Crippen molar-refractivity contribution in [2.24, 2.45) is 5.92 Å². The Hall–Kier alpha value is -2.61. The van der Waals surface area contributed by atoms with E-state index in [2.05, 4.69) is 10.6 Å². The molecule has 0 bridgehead atoms. The number of carbonyl (C=O) groups excluding carboxylic acids is 3. The summed E-state index contributed by atoms with van der Waals surface area (Å²) in [6.45, 7) is 6.21. The number of hydrogen-bond acceptors (Lipinski definition) is 6. The van der Waals surface area contributed by atoms with Gasteiger partial charge in [-0.3, -0.25) is 9.59 Å². The number of rotatable bonds is 10. The molecule has 0 spiro atoms. The van der Waals surface area contributed by atoms with Crippen molar-refractivity contribution in [2.45, 2.75) is 51.9 Å². The summed E-state index contributed by atoms with van der Waals surface area (Å²) in [6, 6.07) is 6.05. The predicted molar refractivity (Wildman–Crippen MR) is 102 cm³/mol. The van der Waals surface area contributed by atoms with Crippen LogP contribution in [0.15, 0.2) is 24.3 Å². The third-order valence-electron chi connectivity index (χ3n) is 4.26. The molecule has 0 saturated carbocycles. The first-order chi connectivity index (χ1) is 13.3. The molecule has 2 unspecified atom stereocenters. The Balaban J connectivity index is 1.84. The van der Waals surface area contributed by atoms with Gasteiger partial charge < -0.3 is 25.2 Å². The number of aromatic hydroxyl groups is 1. The zero-order valence-electron chi connectivity index (χ0n) is 16.4. The summed E-state index contributed by atoms with van der Waals surface area (Å²) in [5.74, 6) is -0.960. The van der Waals surface area contributed by atoms with Crippen LogP contribution in [0.3, 0.4) is 0 Å². The van der Waals surface area contributed by atoms with Gasteiger partial charge in [-0.15, -0.1) is 0 Å². The Morgan fingerprint density at radius 2 is 1.86 bits per heavy atom. The fraction of sp³-hybridized carbons (Fsp3) is 0.550. The molecule has 3 N–H and O–H groups in total. The van der Waals surface area contributed by atoms with Crippen LogP contribution in [-0.2, 0) is 30.3 Å². The Labute approximate surface area is 164 Å². The Morgan fingerprint density at radius 1 is 1.18 bits per heavy atom. The SMILES string of the molecule is CCOC(=O)C1OC1C(=O)N[C@@H](CC(C)C)C(=O)NCCc1ccc(O)cc1. The van der Waals surface area contributed by atoms with E-state index in [-0.39, 0.29) is 24.2 Å². The second kappa shape index (κ2) is 10.1. The van der Waals surface area contributed by atoms with E-state index in [0.29, 0.717) is 19.4 Å². The number of hydrogen-bond donors (Lipinski definition) is 3. The topological polar surface area (TPSA) is 117 Å². The number of esters is 1. The molecule has 154 valence electrons. The summed E-state index contributed by atoms with van der Waals surface area (Å²) in [5.41, 5.74) is 0.978. The smallest absolute Gasteiger partial charge is 0.338 e. The van der Waals surface area contributed by atoms with E-state index in [1.807, 2.05) is 13.8 Å². The van der Waals surface area contributed by atoms with Gasteiger partial charge in [0.25, 0.3) is 5.91 Å². The number of phenols is 1. The summed E-state index contributed by atoms with van der Waals surface area (Å²) < 4.78 is 9.92. The second-order valence-electron chi connectivity index (χ2n) is 7.13. The van der Waals surface area contributed by atoms with Crippen LogP contribution >= 0.6 is 0 Å². The molecule has 3 atom stereocenters. The van der Waals surface area contributed by atoms with Crippen LogP contribution in [0.2, 0.25) is 0 Å². The lowest BCUT2D eigenvalue weighted by atomic mass is 10.0. The summed E-state index contributed by atoms with van der Waals surface area (Å²) in [7, 11) is 0. The van der Waals surface area contributed by atoms with Crippen molar-refractivity contribution in [3.63, 3.8) is 0 Å². The molecule has 0 aromatic heterocycles. The lowest BCUT2D eigenvalue weighted by molar-refractivity contribution is -0.144. The summed E-state index contributed by atoms with van der Waals surface area (Å²) in [5, 5.41) is 14.8. The van der Waals surface area contributed by atoms with Gasteiger partial charge in [0, 0.05) is 6.54 Å². The number of ether oxygens (including phenoxy) is 2. The molecule has 1 heterocycles. The molecule has 8 heteroatoms. The molecule has 8 nitrogen and oxygen atoms in total. The van der Waals surface area contributed by atoms with E-state index >= 15 is 0 Å². The third kappa shape index (κ3) is 6.53. The maximum absolute atomic E-state index is 12.5. The molecule has 1 saturated heterocycles. The fourth-order valence-corrected chi connectivity index (χ4v) is 2.79. The number of phenolic OH excluding ortho intramolecular Hbond substituents is 1. The first-order valence-electron chi connectivity index (χ1n) is 9.49. The van der Waals surface area contributed by atoms with Crippen molar-refractivity contribution >= 4 is 17.8 Å². The van der Waals surface area contributed by atoms with Gasteiger partial charge in [0.2, 0.25) is 5.91 Å². The minimum absolute atomic E-state index is 0.189. The molecule has 0 aliphatic carbocycles. The van der Waals surface area contributed by atoms with Crippen LogP contribution < -0.4 is 10.6 Å². The minimum Gasteiger partial charge on any atom is -0.508 e. The number of carbonyl (C=O) groups is 3. The van der Waals surface area contributed by atoms with Gasteiger partial charge in [0.1, 0.15) is 11.8 Å². The lowest BCUT2D eigenvalue weighted by Crippen LogP contribution is -2.49. The highest BCUT2D eigenvalue weighted by molar-refractivity contribution is 5.95. The van der Waals surface area contributed by atoms with Gasteiger partial charge in [-0.05, 0) is 43.4 Å². The van der Waals surface area contributed by atoms with Crippen molar-refractivity contribution in [1.29, 1.82) is 0 Å². The van der Waals surface area contributed by atoms with Crippen LogP contribution in [0.4, 0.5) is 0 Å². The molecule has 0 radical (unpaired) electrons. The number of epoxide rings is 1. The summed E-state index contributed by atoms with van der Waals surface area (Å²) in [6.07, 6.45) is -0.728. The highest BCUT2D eigenvalue weighted by Gasteiger charge is 2.52. The molecule has 2 rings (SSSR count). The minimum atomic E-state index is -0.904. The van der Waals surface area contributed by atoms with Crippen LogP contribution in [0, 0.1) is 5.92 Å². The molecular weight excluding hydrogens is 364 g/mol. The maximum atomic E-state index is 12.5. The normalized spacial score (nSPS) is 19.0. The first-order valence-corrected chi connectivity index (χ1v) is 9.49. The van der Waals surface area contributed by atoms with Gasteiger partial charge in [0.15, 0.2) is 12.2 Å². The number of nitrogens with one attached hydrogen (secondary N) is 2. The Kier molecular flexibility index (Phi) is 7.80. The van der Waals surface area contributed by atoms with E-state index in [1.54, 1.807) is 31.2 Å². The van der Waals surface area contributed by atoms with Crippen LogP contribution in [0.5, 0.6) is 5.75 Å². The summed E-state index contributed by atoms with van der Waals surface area (Å²) >= 11 is 0. The van der Waals surface area contributed by atoms with Gasteiger partial charge >= 0.3 is 5.97 Å². The highest BCUT2D eigenvalue weighted by Crippen LogP contribution is 2.24. The Bertz CT molecular complexity index is 688. The quantitative estimate of drug-likeness (QED) is 0.403. The summed E-state index contributed by atoms with van der Waals surface area (Å²) in [4.78, 5) is 36.4. The second-order valence-corrected chi connectivity index (χ2v) is 7.13. The predicted octanol–water partition coefficient (Wildman–Crippen LogP) is 0.912. The average molecular weight is 392 g/mol. The standard InChI is InChI=1S/C20H28N2O6/c1-4-27-20(26)17-16(28-17)19(25)22-15(11-12(2)3)18(24)21-10-9-13-5-7-14(23)8-6-13/h5-8,12,15-17,23H,4,9-11H2,1-3H3,(H,21,24)(H,22,25)/t15-,16?,17?/m0/s1. The molecule has 1 aromatic rings. The van der Waals surface area contributed by atoms with Gasteiger partial charge in [-0.2, -0.15) is 0 Å². The van der Waals surface area contributed by atoms with Gasteiger partial charge in [0.05, 0.1) is 6.61 Å². The monoisotopic (exact) mass is 392 g/mol. The van der Waals surface area contributed by atoms with Gasteiger partial charge in [-0.25, -0.2) is 4.79 Å². The van der Waals surface area contributed by atoms with E-state index in [1.165, 1.54) is 0 Å². The van der Waals surface area contributed by atoms with Crippen LogP contribution in [0.1, 0.15) is 32.8 Å². The van der Waals surface area contributed by atoms with Crippen molar-refractivity contribution in [3.05, 3.63) is 29.8 Å². The molecule has 1 fully saturated rings. The first kappa shape index (κ1) is 21.7. The van der Waals surface area contributed by atoms with Crippen LogP contribution in [0.25, 0.3) is 0 Å². The van der Waals surface area contributed by atoms with Crippen molar-refractivity contribution < 1.29 is 29.0 Å². The molecule has 1 aliphatic heterocycles. The van der Waals surface area contributed by atoms with E-state index in [9.17, 15) is 19.5 Å². The number of benzene rings is 1. The number of amides is 2. The van der Waals surface area contributed by atoms with Crippen molar-refractivity contribution in [1.82, 2.24) is 10.6 Å². The molecule has 28 heavy (non-hydrogen) atoms. The maximum Gasteiger partial charge on any atom is 0.338 e. The van der Waals surface area contributed by atoms with Crippen molar-refractivity contribution in [3.8, 4) is 5.75 Å². The molecule has 2 amide bonds. The highest BCUT2D eigenvalue weighted by atomic mass is 16.6. The zero-order chi connectivity index (χ0) is 20.7. The third-order valence-corrected chi connectivity index (χ3v) is 4.26. The lowest BCUT2D eigenvalue weighted by Gasteiger charge is -2.20. The van der Waals surface area contributed by atoms with Crippen molar-refractivity contribution in [2.75, 3.05) is 13.2 Å². The van der Waals surface area contributed by atoms with Crippen LogP contribution in [-0.4, -0.2) is 54.3 Å². The van der Waals surface area contributed by atoms with E-state index < -0.39 is 30.1 Å². The average Bonchev–Trinajstić information content (AvgIpc) is 3.43. The molecule has 1 aliphatic rings. The zero-order valence-corrected chi connectivity index (χ0v) is 16.4. The largest absolute Gasteiger partial charge is 0.508 e. The molecule has 1 aromatic carbocycles. The van der Waals surface area contributed by atoms with E-state index in [0.717, 1.165) is 5.56 Å². The van der Waals surface area contributed by atoms with E-state index in [4.69, 9.17) is 9.47 Å². The van der Waals surface area contributed by atoms with Gasteiger partial charge in [-0.1, -0.05) is 26.0 Å². The fourth-order valence-electron chi connectivity index (χ4n) is 2.79. The molecular formula is C20H28N2O6. The Morgan fingerprint density at radius 3 is 2.46 bits per heavy atom.